The molecule has 50 heavy (non-hydrogen) atoms. The maximum atomic E-state index is 5.28. The Morgan fingerprint density at radius 3 is 1.94 bits per heavy atom. The number of nitrogens with zero attached hydrogens (tertiary/aromatic N) is 3. The van der Waals surface area contributed by atoms with E-state index < -0.39 is 8.07 Å². The molecule has 3 heterocycles. The molecule has 0 spiro atoms. The van der Waals surface area contributed by atoms with Gasteiger partial charge in [-0.25, -0.2) is 15.0 Å². The smallest absolute Gasteiger partial charge is 0.164 e. The van der Waals surface area contributed by atoms with E-state index in [0.717, 1.165) is 22.3 Å². The number of fused-ring (bicyclic) bond motifs is 7. The Morgan fingerprint density at radius 1 is 0.420 bits per heavy atom. The minimum absolute atomic E-state index is 0.671. The van der Waals surface area contributed by atoms with Crippen LogP contribution in [0.3, 0.4) is 0 Å². The zero-order valence-corrected chi connectivity index (χ0v) is 29.5. The molecule has 3 nitrogen and oxygen atoms in total. The molecule has 0 saturated carbocycles. The molecule has 0 bridgehead atoms. The van der Waals surface area contributed by atoms with Gasteiger partial charge in [-0.2, -0.15) is 0 Å². The van der Waals surface area contributed by atoms with Gasteiger partial charge in [-0.1, -0.05) is 140 Å². The standard InChI is InChI=1S/C45H31N3SSi/c1-50(2)40-19-8-6-16-36(40)42-37(17-10-20-41(42)50)45-47-43(32-14-9-13-30(26-32)31-22-21-28-11-3-4-12-29(28)25-31)46-44(48-45)33-23-24-35-34-15-5-7-18-38(34)49-39(35)27-33/h3-27H,1-2H3. The summed E-state index contributed by atoms with van der Waals surface area (Å²) >= 11 is 1.81. The van der Waals surface area contributed by atoms with Crippen LogP contribution in [0.2, 0.25) is 13.1 Å². The van der Waals surface area contributed by atoms with Crippen molar-refractivity contribution < 1.29 is 0 Å². The van der Waals surface area contributed by atoms with Crippen LogP contribution in [0.4, 0.5) is 0 Å². The summed E-state index contributed by atoms with van der Waals surface area (Å²) in [5.41, 5.74) is 7.89. The number of thiophene rings is 1. The fourth-order valence-electron chi connectivity index (χ4n) is 7.77. The largest absolute Gasteiger partial charge is 0.208 e. The third kappa shape index (κ3) is 4.58. The molecule has 2 aromatic heterocycles. The molecule has 0 radical (unpaired) electrons. The highest BCUT2D eigenvalue weighted by Crippen LogP contribution is 2.39. The molecule has 0 unspecified atom stereocenters. The first-order chi connectivity index (χ1) is 24.5. The molecule has 9 aromatic rings. The summed E-state index contributed by atoms with van der Waals surface area (Å²) in [4.78, 5) is 15.7. The normalized spacial score (nSPS) is 13.2. The highest BCUT2D eigenvalue weighted by molar-refractivity contribution is 7.25. The lowest BCUT2D eigenvalue weighted by Crippen LogP contribution is -2.49. The zero-order chi connectivity index (χ0) is 33.4. The van der Waals surface area contributed by atoms with Crippen LogP contribution in [0.25, 0.3) is 87.4 Å². The zero-order valence-electron chi connectivity index (χ0n) is 27.7. The topological polar surface area (TPSA) is 38.7 Å². The molecular formula is C45H31N3SSi. The molecule has 0 fully saturated rings. The fraction of sp³-hybridized carbons (Fsp3) is 0.0444. The van der Waals surface area contributed by atoms with Crippen LogP contribution < -0.4 is 10.4 Å². The second-order valence-corrected chi connectivity index (χ2v) is 19.1. The van der Waals surface area contributed by atoms with Gasteiger partial charge in [0.2, 0.25) is 0 Å². The van der Waals surface area contributed by atoms with Gasteiger partial charge in [0.25, 0.3) is 0 Å². The lowest BCUT2D eigenvalue weighted by Gasteiger charge is -2.18. The first-order valence-electron chi connectivity index (χ1n) is 17.0. The molecule has 0 aliphatic carbocycles. The summed E-state index contributed by atoms with van der Waals surface area (Å²) in [6, 6.07) is 54.6. The highest BCUT2D eigenvalue weighted by atomic mass is 32.1. The third-order valence-electron chi connectivity index (χ3n) is 10.3. The quantitative estimate of drug-likeness (QED) is 0.175. The summed E-state index contributed by atoms with van der Waals surface area (Å²) in [5, 5.41) is 7.91. The van der Waals surface area contributed by atoms with Crippen molar-refractivity contribution in [3.63, 3.8) is 0 Å². The Labute approximate surface area is 295 Å². The summed E-state index contributed by atoms with van der Waals surface area (Å²) in [5.74, 6) is 2.06. The first-order valence-corrected chi connectivity index (χ1v) is 20.8. The fourth-order valence-corrected chi connectivity index (χ4v) is 12.0. The van der Waals surface area contributed by atoms with E-state index in [0.29, 0.717) is 17.5 Å². The van der Waals surface area contributed by atoms with E-state index in [2.05, 4.69) is 165 Å². The average Bonchev–Trinajstić information content (AvgIpc) is 3.66. The summed E-state index contributed by atoms with van der Waals surface area (Å²) in [7, 11) is -1.88. The van der Waals surface area contributed by atoms with Gasteiger partial charge in [-0.05, 0) is 67.7 Å². The lowest BCUT2D eigenvalue weighted by atomic mass is 9.98. The molecule has 1 aliphatic heterocycles. The van der Waals surface area contributed by atoms with Crippen molar-refractivity contribution in [2.24, 2.45) is 0 Å². The lowest BCUT2D eigenvalue weighted by molar-refractivity contribution is 1.08. The number of hydrogen-bond acceptors (Lipinski definition) is 4. The average molecular weight is 674 g/mol. The Bertz CT molecular complexity index is 2820. The molecule has 5 heteroatoms. The summed E-state index contributed by atoms with van der Waals surface area (Å²) in [6.07, 6.45) is 0. The van der Waals surface area contributed by atoms with Crippen LogP contribution in [0.15, 0.2) is 152 Å². The predicted octanol–water partition coefficient (Wildman–Crippen LogP) is 10.9. The molecule has 0 amide bonds. The maximum Gasteiger partial charge on any atom is 0.164 e. The number of hydrogen-bond donors (Lipinski definition) is 0. The number of rotatable bonds is 4. The van der Waals surface area contributed by atoms with Crippen LogP contribution >= 0.6 is 11.3 Å². The molecule has 236 valence electrons. The summed E-state index contributed by atoms with van der Waals surface area (Å²) in [6.45, 7) is 4.90. The van der Waals surface area contributed by atoms with Crippen LogP contribution in [0, 0.1) is 0 Å². The van der Waals surface area contributed by atoms with Crippen molar-refractivity contribution in [1.82, 2.24) is 15.0 Å². The van der Waals surface area contributed by atoms with Crippen molar-refractivity contribution in [2.45, 2.75) is 13.1 Å². The molecule has 0 saturated heterocycles. The molecule has 10 rings (SSSR count). The van der Waals surface area contributed by atoms with E-state index in [-0.39, 0.29) is 0 Å². The summed E-state index contributed by atoms with van der Waals surface area (Å²) < 4.78 is 2.51. The van der Waals surface area contributed by atoms with E-state index in [1.807, 2.05) is 11.3 Å². The van der Waals surface area contributed by atoms with Crippen molar-refractivity contribution in [3.05, 3.63) is 152 Å². The van der Waals surface area contributed by atoms with Crippen LogP contribution in [-0.4, -0.2) is 23.0 Å². The minimum Gasteiger partial charge on any atom is -0.208 e. The van der Waals surface area contributed by atoms with Crippen LogP contribution in [0.1, 0.15) is 0 Å². The van der Waals surface area contributed by atoms with Gasteiger partial charge in [0.1, 0.15) is 8.07 Å². The third-order valence-corrected chi connectivity index (χ3v) is 15.0. The molecule has 1 aliphatic rings. The van der Waals surface area contributed by atoms with Gasteiger partial charge < -0.3 is 0 Å². The van der Waals surface area contributed by atoms with Gasteiger partial charge in [0.15, 0.2) is 17.5 Å². The van der Waals surface area contributed by atoms with Crippen molar-refractivity contribution >= 4 is 60.7 Å². The number of benzene rings is 7. The van der Waals surface area contributed by atoms with Gasteiger partial charge in [-0.3, -0.25) is 0 Å². The first kappa shape index (κ1) is 29.2. The van der Waals surface area contributed by atoms with Crippen LogP contribution in [0.5, 0.6) is 0 Å². The van der Waals surface area contributed by atoms with E-state index in [1.165, 1.54) is 58.0 Å². The van der Waals surface area contributed by atoms with Gasteiger partial charge in [0, 0.05) is 36.9 Å². The van der Waals surface area contributed by atoms with E-state index in [4.69, 9.17) is 15.0 Å². The Morgan fingerprint density at radius 2 is 1.04 bits per heavy atom. The van der Waals surface area contributed by atoms with Gasteiger partial charge in [-0.15, -0.1) is 11.3 Å². The Kier molecular flexibility index (Phi) is 6.50. The monoisotopic (exact) mass is 673 g/mol. The van der Waals surface area contributed by atoms with Crippen molar-refractivity contribution in [2.75, 3.05) is 0 Å². The minimum atomic E-state index is -1.88. The van der Waals surface area contributed by atoms with E-state index in [9.17, 15) is 0 Å². The molecule has 0 N–H and O–H groups in total. The van der Waals surface area contributed by atoms with Crippen molar-refractivity contribution in [3.8, 4) is 56.4 Å². The molecule has 0 atom stereocenters. The second kappa shape index (κ2) is 11.1. The Balaban J connectivity index is 1.18. The van der Waals surface area contributed by atoms with Crippen molar-refractivity contribution in [1.29, 1.82) is 0 Å². The predicted molar refractivity (Wildman–Crippen MR) is 214 cm³/mol. The van der Waals surface area contributed by atoms with Gasteiger partial charge in [0.05, 0.1) is 0 Å². The molecular weight excluding hydrogens is 643 g/mol. The van der Waals surface area contributed by atoms with Gasteiger partial charge >= 0.3 is 0 Å². The highest BCUT2D eigenvalue weighted by Gasteiger charge is 2.38. The maximum absolute atomic E-state index is 5.28. The van der Waals surface area contributed by atoms with E-state index >= 15 is 0 Å². The van der Waals surface area contributed by atoms with E-state index in [1.54, 1.807) is 0 Å². The Hall–Kier alpha value is -5.75. The second-order valence-electron chi connectivity index (χ2n) is 13.7. The molecule has 7 aromatic carbocycles. The number of aromatic nitrogens is 3. The van der Waals surface area contributed by atoms with Crippen LogP contribution in [-0.2, 0) is 0 Å². The SMILES string of the molecule is C[Si]1(C)c2ccccc2-c2c(-c3nc(-c4cccc(-c5ccc6ccccc6c5)c4)nc(-c4ccc5c(c4)sc4ccccc45)n3)cccc21.